The van der Waals surface area contributed by atoms with Crippen LogP contribution in [0.1, 0.15) is 18.1 Å². The van der Waals surface area contributed by atoms with Gasteiger partial charge in [0.1, 0.15) is 6.07 Å². The maximum atomic E-state index is 10.7. The second-order valence-corrected chi connectivity index (χ2v) is 3.36. The average Bonchev–Trinajstić information content (AvgIpc) is 2.19. The van der Waals surface area contributed by atoms with Crippen LogP contribution in [0.4, 0.5) is 0 Å². The summed E-state index contributed by atoms with van der Waals surface area (Å²) in [7, 11) is 0. The van der Waals surface area contributed by atoms with Crippen LogP contribution in [0.2, 0.25) is 0 Å². The Morgan fingerprint density at radius 2 is 2.20 bits per heavy atom. The molecular weight excluding hydrogens is 190 g/mol. The predicted octanol–water partition coefficient (Wildman–Crippen LogP) is 1.99. The number of carbonyl (C=O) groups is 1. The number of aryl methyl sites for hydroxylation is 1. The number of carbonyl (C=O) groups excluding carboxylic acids is 1. The van der Waals surface area contributed by atoms with Crippen LogP contribution in [0.3, 0.4) is 0 Å². The fraction of sp³-hybridized carbons (Fsp3) is 0.333. The lowest BCUT2D eigenvalue weighted by atomic mass is 10.0. The number of ether oxygens (including phenoxy) is 1. The summed E-state index contributed by atoms with van der Waals surface area (Å²) in [6.45, 7) is 3.28. The minimum Gasteiger partial charge on any atom is -0.447 e. The van der Waals surface area contributed by atoms with Gasteiger partial charge in [-0.1, -0.05) is 24.3 Å². The Balaban J connectivity index is 2.72. The van der Waals surface area contributed by atoms with Crippen LogP contribution in [-0.4, -0.2) is 12.1 Å². The molecule has 0 spiro atoms. The maximum Gasteiger partial charge on any atom is 0.303 e. The van der Waals surface area contributed by atoms with Gasteiger partial charge in [-0.05, 0) is 18.1 Å². The Labute approximate surface area is 89.3 Å². The van der Waals surface area contributed by atoms with Crippen molar-refractivity contribution in [3.63, 3.8) is 0 Å². The summed E-state index contributed by atoms with van der Waals surface area (Å²) in [5.74, 6) is -0.421. The zero-order valence-corrected chi connectivity index (χ0v) is 8.86. The summed E-state index contributed by atoms with van der Waals surface area (Å²) in [6.07, 6.45) is -0.244. The quantitative estimate of drug-likeness (QED) is 0.706. The first kappa shape index (κ1) is 11.3. The molecule has 1 unspecified atom stereocenters. The van der Waals surface area contributed by atoms with Crippen molar-refractivity contribution in [2.24, 2.45) is 0 Å². The van der Waals surface area contributed by atoms with E-state index in [0.29, 0.717) is 6.42 Å². The summed E-state index contributed by atoms with van der Waals surface area (Å²) in [5.41, 5.74) is 2.13. The molecule has 0 bridgehead atoms. The lowest BCUT2D eigenvalue weighted by molar-refractivity contribution is -0.143. The van der Waals surface area contributed by atoms with Crippen molar-refractivity contribution in [2.75, 3.05) is 0 Å². The molecule has 1 aromatic carbocycles. The van der Waals surface area contributed by atoms with Crippen molar-refractivity contribution in [1.82, 2.24) is 0 Å². The van der Waals surface area contributed by atoms with Crippen molar-refractivity contribution in [3.8, 4) is 6.07 Å². The molecule has 0 radical (unpaired) electrons. The molecule has 0 saturated heterocycles. The van der Waals surface area contributed by atoms with E-state index in [-0.39, 0.29) is 0 Å². The average molecular weight is 203 g/mol. The number of nitriles is 1. The van der Waals surface area contributed by atoms with Gasteiger partial charge in [0.05, 0.1) is 0 Å². The van der Waals surface area contributed by atoms with Gasteiger partial charge in [0, 0.05) is 13.3 Å². The molecule has 3 heteroatoms. The van der Waals surface area contributed by atoms with Crippen molar-refractivity contribution in [1.29, 1.82) is 5.26 Å². The van der Waals surface area contributed by atoms with Crippen LogP contribution >= 0.6 is 0 Å². The fourth-order valence-electron chi connectivity index (χ4n) is 1.35. The molecule has 0 aliphatic heterocycles. The lowest BCUT2D eigenvalue weighted by Crippen LogP contribution is -2.17. The molecule has 0 N–H and O–H groups in total. The zero-order valence-electron chi connectivity index (χ0n) is 8.86. The topological polar surface area (TPSA) is 50.1 Å². The molecule has 3 nitrogen and oxygen atoms in total. The lowest BCUT2D eigenvalue weighted by Gasteiger charge is -2.10. The van der Waals surface area contributed by atoms with Gasteiger partial charge in [-0.3, -0.25) is 4.79 Å². The van der Waals surface area contributed by atoms with Crippen LogP contribution in [-0.2, 0) is 16.0 Å². The number of hydrogen-bond donors (Lipinski definition) is 0. The summed E-state index contributed by atoms with van der Waals surface area (Å²) in [5, 5.41) is 8.80. The van der Waals surface area contributed by atoms with Gasteiger partial charge >= 0.3 is 5.97 Å². The number of rotatable bonds is 3. The Hall–Kier alpha value is -1.82. The van der Waals surface area contributed by atoms with Gasteiger partial charge in [-0.15, -0.1) is 0 Å². The van der Waals surface area contributed by atoms with Gasteiger partial charge in [0.15, 0.2) is 6.10 Å². The normalized spacial score (nSPS) is 11.5. The number of hydrogen-bond acceptors (Lipinski definition) is 3. The molecular formula is C12H13NO2. The van der Waals surface area contributed by atoms with Crippen molar-refractivity contribution in [2.45, 2.75) is 26.4 Å². The molecule has 15 heavy (non-hydrogen) atoms. The van der Waals surface area contributed by atoms with Gasteiger partial charge in [-0.2, -0.15) is 5.26 Å². The van der Waals surface area contributed by atoms with E-state index in [4.69, 9.17) is 10.00 Å². The van der Waals surface area contributed by atoms with Gasteiger partial charge in [0.2, 0.25) is 0 Å². The smallest absolute Gasteiger partial charge is 0.303 e. The molecule has 1 aromatic rings. The van der Waals surface area contributed by atoms with E-state index in [1.54, 1.807) is 0 Å². The third kappa shape index (κ3) is 3.43. The molecule has 0 saturated carbocycles. The SMILES string of the molecule is CC(=O)OC(C#N)Cc1ccccc1C. The number of benzene rings is 1. The van der Waals surface area contributed by atoms with E-state index in [0.717, 1.165) is 11.1 Å². The molecule has 0 aliphatic rings. The highest BCUT2D eigenvalue weighted by Crippen LogP contribution is 2.11. The highest BCUT2D eigenvalue weighted by molar-refractivity contribution is 5.66. The summed E-state index contributed by atoms with van der Waals surface area (Å²) < 4.78 is 4.86. The standard InChI is InChI=1S/C12H13NO2/c1-9-5-3-4-6-11(9)7-12(8-13)15-10(2)14/h3-6,12H,7H2,1-2H3. The molecule has 0 fully saturated rings. The molecule has 0 amide bonds. The minimum atomic E-state index is -0.691. The first-order valence-corrected chi connectivity index (χ1v) is 4.75. The van der Waals surface area contributed by atoms with Crippen LogP contribution in [0.15, 0.2) is 24.3 Å². The van der Waals surface area contributed by atoms with E-state index in [1.807, 2.05) is 37.3 Å². The summed E-state index contributed by atoms with van der Waals surface area (Å²) in [6, 6.07) is 9.71. The minimum absolute atomic E-state index is 0.421. The Bertz CT molecular complexity index is 393. The first-order valence-electron chi connectivity index (χ1n) is 4.75. The van der Waals surface area contributed by atoms with Crippen molar-refractivity contribution < 1.29 is 9.53 Å². The third-order valence-electron chi connectivity index (χ3n) is 2.12. The molecule has 0 aromatic heterocycles. The monoisotopic (exact) mass is 203 g/mol. The highest BCUT2D eigenvalue weighted by atomic mass is 16.5. The zero-order chi connectivity index (χ0) is 11.3. The Morgan fingerprint density at radius 1 is 1.53 bits per heavy atom. The van der Waals surface area contributed by atoms with E-state index < -0.39 is 12.1 Å². The number of nitrogens with zero attached hydrogens (tertiary/aromatic N) is 1. The largest absolute Gasteiger partial charge is 0.447 e. The van der Waals surface area contributed by atoms with Crippen molar-refractivity contribution >= 4 is 5.97 Å². The first-order chi connectivity index (χ1) is 7.13. The second-order valence-electron chi connectivity index (χ2n) is 3.36. The maximum absolute atomic E-state index is 10.7. The molecule has 78 valence electrons. The van der Waals surface area contributed by atoms with Crippen molar-refractivity contribution in [3.05, 3.63) is 35.4 Å². The van der Waals surface area contributed by atoms with Crippen LogP contribution in [0.25, 0.3) is 0 Å². The van der Waals surface area contributed by atoms with E-state index in [2.05, 4.69) is 0 Å². The molecule has 1 rings (SSSR count). The van der Waals surface area contributed by atoms with Gasteiger partial charge in [-0.25, -0.2) is 0 Å². The predicted molar refractivity (Wildman–Crippen MR) is 56.1 cm³/mol. The van der Waals surface area contributed by atoms with Crippen LogP contribution < -0.4 is 0 Å². The van der Waals surface area contributed by atoms with E-state index in [9.17, 15) is 4.79 Å². The molecule has 0 aliphatic carbocycles. The Morgan fingerprint density at radius 3 is 2.73 bits per heavy atom. The van der Waals surface area contributed by atoms with Gasteiger partial charge in [0.25, 0.3) is 0 Å². The fourth-order valence-corrected chi connectivity index (χ4v) is 1.35. The second kappa shape index (κ2) is 5.16. The molecule has 1 atom stereocenters. The third-order valence-corrected chi connectivity index (χ3v) is 2.12. The Kier molecular flexibility index (Phi) is 3.87. The highest BCUT2D eigenvalue weighted by Gasteiger charge is 2.12. The summed E-state index contributed by atoms with van der Waals surface area (Å²) >= 11 is 0. The van der Waals surface area contributed by atoms with Crippen LogP contribution in [0, 0.1) is 18.3 Å². The number of esters is 1. The van der Waals surface area contributed by atoms with E-state index in [1.165, 1.54) is 6.92 Å². The van der Waals surface area contributed by atoms with Crippen LogP contribution in [0.5, 0.6) is 0 Å². The van der Waals surface area contributed by atoms with Gasteiger partial charge < -0.3 is 4.74 Å². The summed E-state index contributed by atoms with van der Waals surface area (Å²) in [4.78, 5) is 10.7. The van der Waals surface area contributed by atoms with E-state index >= 15 is 0 Å². The molecule has 0 heterocycles.